The monoisotopic (exact) mass is 398 g/mol. The first-order valence-corrected chi connectivity index (χ1v) is 9.69. The number of esters is 1. The van der Waals surface area contributed by atoms with Gasteiger partial charge in [0, 0.05) is 33.5 Å². The third kappa shape index (κ3) is 4.16. The minimum absolute atomic E-state index is 0.253. The standard InChI is InChI=1S/C21H26N4O4/c1-5-29-17(26)11-7-10-16-22-19-18(20(27)24(4)21(28)23(19)3)25(16)13-15-9-6-8-14(2)12-15/h6,8-9,12H,5,7,10-11,13H2,1-4H3. The summed E-state index contributed by atoms with van der Waals surface area (Å²) < 4.78 is 9.32. The Hall–Kier alpha value is -3.16. The van der Waals surface area contributed by atoms with Crippen LogP contribution in [0.4, 0.5) is 0 Å². The van der Waals surface area contributed by atoms with Gasteiger partial charge in [-0.3, -0.25) is 18.7 Å². The lowest BCUT2D eigenvalue weighted by Crippen LogP contribution is -2.37. The van der Waals surface area contributed by atoms with Gasteiger partial charge in [-0.05, 0) is 25.8 Å². The van der Waals surface area contributed by atoms with E-state index in [1.165, 1.54) is 11.6 Å². The average molecular weight is 398 g/mol. The maximum absolute atomic E-state index is 12.9. The van der Waals surface area contributed by atoms with Crippen molar-refractivity contribution in [2.24, 2.45) is 14.1 Å². The molecule has 3 aromatic rings. The lowest BCUT2D eigenvalue weighted by molar-refractivity contribution is -0.143. The summed E-state index contributed by atoms with van der Waals surface area (Å²) in [5, 5.41) is 0. The van der Waals surface area contributed by atoms with E-state index in [9.17, 15) is 14.4 Å². The van der Waals surface area contributed by atoms with Gasteiger partial charge in [-0.25, -0.2) is 9.78 Å². The Kier molecular flexibility index (Phi) is 6.00. The van der Waals surface area contributed by atoms with Crippen molar-refractivity contribution in [2.45, 2.75) is 39.7 Å². The number of carbonyl (C=O) groups excluding carboxylic acids is 1. The molecule has 0 radical (unpaired) electrons. The van der Waals surface area contributed by atoms with Gasteiger partial charge in [0.2, 0.25) is 0 Å². The van der Waals surface area contributed by atoms with Crippen LogP contribution in [-0.4, -0.2) is 31.3 Å². The number of fused-ring (bicyclic) bond motifs is 1. The number of aromatic nitrogens is 4. The molecule has 154 valence electrons. The van der Waals surface area contributed by atoms with Crippen molar-refractivity contribution in [2.75, 3.05) is 6.61 Å². The number of carbonyl (C=O) groups is 1. The zero-order valence-electron chi connectivity index (χ0n) is 17.3. The molecule has 0 saturated carbocycles. The summed E-state index contributed by atoms with van der Waals surface area (Å²) >= 11 is 0. The fourth-order valence-corrected chi connectivity index (χ4v) is 3.47. The molecule has 0 fully saturated rings. The molecule has 0 N–H and O–H groups in total. The van der Waals surface area contributed by atoms with Gasteiger partial charge in [-0.15, -0.1) is 0 Å². The van der Waals surface area contributed by atoms with Gasteiger partial charge < -0.3 is 9.30 Å². The SMILES string of the molecule is CCOC(=O)CCCc1nc2c(c(=O)n(C)c(=O)n2C)n1Cc1cccc(C)c1. The van der Waals surface area contributed by atoms with E-state index in [4.69, 9.17) is 4.74 Å². The van der Waals surface area contributed by atoms with Gasteiger partial charge in [0.05, 0.1) is 6.61 Å². The van der Waals surface area contributed by atoms with Crippen molar-refractivity contribution in [1.29, 1.82) is 0 Å². The Morgan fingerprint density at radius 2 is 1.93 bits per heavy atom. The van der Waals surface area contributed by atoms with Crippen LogP contribution in [0, 0.1) is 6.92 Å². The molecule has 2 aromatic heterocycles. The molecule has 0 saturated heterocycles. The molecule has 0 bridgehead atoms. The Morgan fingerprint density at radius 3 is 2.62 bits per heavy atom. The normalized spacial score (nSPS) is 11.2. The Labute approximate surface area is 168 Å². The van der Waals surface area contributed by atoms with Crippen molar-refractivity contribution >= 4 is 17.1 Å². The average Bonchev–Trinajstić information content (AvgIpc) is 3.03. The fourth-order valence-electron chi connectivity index (χ4n) is 3.47. The summed E-state index contributed by atoms with van der Waals surface area (Å²) in [4.78, 5) is 41.5. The summed E-state index contributed by atoms with van der Waals surface area (Å²) in [6, 6.07) is 8.03. The number of rotatable bonds is 7. The summed E-state index contributed by atoms with van der Waals surface area (Å²) in [5.74, 6) is 0.418. The lowest BCUT2D eigenvalue weighted by Gasteiger charge is -2.10. The Bertz CT molecular complexity index is 1170. The second-order valence-electron chi connectivity index (χ2n) is 7.14. The molecule has 0 aliphatic carbocycles. The fraction of sp³-hybridized carbons (Fsp3) is 0.429. The van der Waals surface area contributed by atoms with Gasteiger partial charge in [-0.2, -0.15) is 0 Å². The molecule has 0 aliphatic rings. The van der Waals surface area contributed by atoms with Crippen molar-refractivity contribution in [3.8, 4) is 0 Å². The first-order valence-electron chi connectivity index (χ1n) is 9.69. The number of benzene rings is 1. The third-order valence-corrected chi connectivity index (χ3v) is 4.94. The Balaban J connectivity index is 2.07. The molecule has 1 aromatic carbocycles. The quantitative estimate of drug-likeness (QED) is 0.565. The van der Waals surface area contributed by atoms with Crippen LogP contribution in [0.5, 0.6) is 0 Å². The first-order chi connectivity index (χ1) is 13.8. The lowest BCUT2D eigenvalue weighted by atomic mass is 10.1. The highest BCUT2D eigenvalue weighted by molar-refractivity contribution is 5.71. The number of hydrogen-bond acceptors (Lipinski definition) is 5. The molecule has 0 unspecified atom stereocenters. The number of aryl methyl sites for hydroxylation is 3. The van der Waals surface area contributed by atoms with Crippen molar-refractivity contribution in [1.82, 2.24) is 18.7 Å². The van der Waals surface area contributed by atoms with E-state index in [2.05, 4.69) is 11.1 Å². The van der Waals surface area contributed by atoms with Gasteiger partial charge in [-0.1, -0.05) is 29.8 Å². The van der Waals surface area contributed by atoms with Crippen LogP contribution in [0.15, 0.2) is 33.9 Å². The molecule has 3 rings (SSSR count). The van der Waals surface area contributed by atoms with Crippen molar-refractivity contribution < 1.29 is 9.53 Å². The van der Waals surface area contributed by atoms with Crippen LogP contribution < -0.4 is 11.2 Å². The molecule has 0 amide bonds. The second-order valence-corrected chi connectivity index (χ2v) is 7.14. The minimum atomic E-state index is -0.416. The predicted molar refractivity (Wildman–Crippen MR) is 110 cm³/mol. The highest BCUT2D eigenvalue weighted by Crippen LogP contribution is 2.17. The molecular formula is C21H26N4O4. The van der Waals surface area contributed by atoms with Crippen LogP contribution in [0.1, 0.15) is 36.7 Å². The highest BCUT2D eigenvalue weighted by atomic mass is 16.5. The number of nitrogens with zero attached hydrogens (tertiary/aromatic N) is 4. The molecule has 8 nitrogen and oxygen atoms in total. The summed E-state index contributed by atoms with van der Waals surface area (Å²) in [7, 11) is 3.07. The number of imidazole rings is 1. The van der Waals surface area contributed by atoms with Gasteiger partial charge in [0.1, 0.15) is 5.82 Å². The molecule has 2 heterocycles. The van der Waals surface area contributed by atoms with E-state index in [0.29, 0.717) is 43.0 Å². The van der Waals surface area contributed by atoms with Crippen molar-refractivity contribution in [3.05, 3.63) is 62.1 Å². The summed E-state index contributed by atoms with van der Waals surface area (Å²) in [6.45, 7) is 4.59. The Morgan fingerprint density at radius 1 is 1.17 bits per heavy atom. The zero-order valence-corrected chi connectivity index (χ0v) is 17.3. The predicted octanol–water partition coefficient (Wildman–Crippen LogP) is 1.68. The highest BCUT2D eigenvalue weighted by Gasteiger charge is 2.19. The molecule has 29 heavy (non-hydrogen) atoms. The maximum atomic E-state index is 12.9. The molecule has 8 heteroatoms. The third-order valence-electron chi connectivity index (χ3n) is 4.94. The van der Waals surface area contributed by atoms with Crippen LogP contribution >= 0.6 is 0 Å². The molecule has 0 aliphatic heterocycles. The van der Waals surface area contributed by atoms with E-state index >= 15 is 0 Å². The molecular weight excluding hydrogens is 372 g/mol. The van der Waals surface area contributed by atoms with Gasteiger partial charge >= 0.3 is 11.7 Å². The molecule has 0 atom stereocenters. The second kappa shape index (κ2) is 8.46. The van der Waals surface area contributed by atoms with Crippen LogP contribution in [-0.2, 0) is 36.6 Å². The number of hydrogen-bond donors (Lipinski definition) is 0. The van der Waals surface area contributed by atoms with E-state index < -0.39 is 5.69 Å². The van der Waals surface area contributed by atoms with Gasteiger partial charge in [0.15, 0.2) is 11.2 Å². The summed E-state index contributed by atoms with van der Waals surface area (Å²) in [6.07, 6.45) is 1.32. The maximum Gasteiger partial charge on any atom is 0.332 e. The van der Waals surface area contributed by atoms with E-state index in [1.807, 2.05) is 29.7 Å². The minimum Gasteiger partial charge on any atom is -0.466 e. The molecule has 0 spiro atoms. The van der Waals surface area contributed by atoms with Crippen molar-refractivity contribution in [3.63, 3.8) is 0 Å². The number of ether oxygens (including phenoxy) is 1. The van der Waals surface area contributed by atoms with E-state index in [-0.39, 0.29) is 17.9 Å². The van der Waals surface area contributed by atoms with Crippen LogP contribution in [0.2, 0.25) is 0 Å². The smallest absolute Gasteiger partial charge is 0.332 e. The zero-order chi connectivity index (χ0) is 21.1. The van der Waals surface area contributed by atoms with E-state index in [0.717, 1.165) is 15.7 Å². The summed E-state index contributed by atoms with van der Waals surface area (Å²) in [5.41, 5.74) is 2.11. The van der Waals surface area contributed by atoms with E-state index in [1.54, 1.807) is 14.0 Å². The topological polar surface area (TPSA) is 88.1 Å². The van der Waals surface area contributed by atoms with Crippen LogP contribution in [0.25, 0.3) is 11.2 Å². The van der Waals surface area contributed by atoms with Crippen LogP contribution in [0.3, 0.4) is 0 Å². The first kappa shape index (κ1) is 20.6. The van der Waals surface area contributed by atoms with Gasteiger partial charge in [0.25, 0.3) is 5.56 Å². The largest absolute Gasteiger partial charge is 0.466 e.